The van der Waals surface area contributed by atoms with Crippen molar-refractivity contribution < 1.29 is 0 Å². The summed E-state index contributed by atoms with van der Waals surface area (Å²) in [5, 5.41) is 1.26. The second-order valence-electron chi connectivity index (χ2n) is 2.76. The number of anilines is 1. The van der Waals surface area contributed by atoms with Crippen molar-refractivity contribution in [2.45, 2.75) is 5.88 Å². The van der Waals surface area contributed by atoms with Gasteiger partial charge in [-0.1, -0.05) is 0 Å². The van der Waals surface area contributed by atoms with Gasteiger partial charge in [0.15, 0.2) is 0 Å². The highest BCUT2D eigenvalue weighted by Crippen LogP contribution is 2.32. The molecule has 68 valence electrons. The van der Waals surface area contributed by atoms with Crippen molar-refractivity contribution in [3.8, 4) is 0 Å². The summed E-state index contributed by atoms with van der Waals surface area (Å²) in [6.45, 7) is 0. The molecule has 1 nitrogen and oxygen atoms in total. The van der Waals surface area contributed by atoms with Crippen LogP contribution >= 0.6 is 45.5 Å². The van der Waals surface area contributed by atoms with Crippen LogP contribution < -0.4 is 5.73 Å². The van der Waals surface area contributed by atoms with E-state index in [1.807, 2.05) is 12.1 Å². The van der Waals surface area contributed by atoms with Crippen LogP contribution in [0, 0.1) is 3.57 Å². The van der Waals surface area contributed by atoms with Gasteiger partial charge < -0.3 is 5.73 Å². The molecule has 0 saturated heterocycles. The Morgan fingerprint density at radius 1 is 1.38 bits per heavy atom. The van der Waals surface area contributed by atoms with E-state index in [-0.39, 0.29) is 0 Å². The van der Waals surface area contributed by atoms with E-state index < -0.39 is 0 Å². The molecule has 0 aliphatic heterocycles. The number of alkyl halides is 1. The van der Waals surface area contributed by atoms with Crippen LogP contribution in [0.3, 0.4) is 0 Å². The molecule has 0 unspecified atom stereocenters. The molecule has 2 N–H and O–H groups in total. The van der Waals surface area contributed by atoms with E-state index in [1.165, 1.54) is 18.5 Å². The van der Waals surface area contributed by atoms with Crippen molar-refractivity contribution >= 4 is 61.3 Å². The molecule has 1 heterocycles. The minimum atomic E-state index is 0.579. The molecule has 0 radical (unpaired) electrons. The molecule has 0 amide bonds. The normalized spacial score (nSPS) is 10.9. The molecule has 2 rings (SSSR count). The van der Waals surface area contributed by atoms with E-state index in [0.717, 1.165) is 5.69 Å². The van der Waals surface area contributed by atoms with Gasteiger partial charge in [0.05, 0.1) is 5.88 Å². The maximum Gasteiger partial charge on any atom is 0.0568 e. The number of hydrogen-bond acceptors (Lipinski definition) is 2. The van der Waals surface area contributed by atoms with Crippen molar-refractivity contribution in [3.63, 3.8) is 0 Å². The molecule has 0 saturated carbocycles. The topological polar surface area (TPSA) is 26.0 Å². The van der Waals surface area contributed by atoms with E-state index >= 15 is 0 Å². The smallest absolute Gasteiger partial charge is 0.0568 e. The van der Waals surface area contributed by atoms with Crippen LogP contribution in [0.4, 0.5) is 5.69 Å². The lowest BCUT2D eigenvalue weighted by molar-refractivity contribution is 1.54. The van der Waals surface area contributed by atoms with E-state index in [4.69, 9.17) is 17.3 Å². The molecule has 0 atom stereocenters. The number of halogens is 2. The number of nitrogens with two attached hydrogens (primary N) is 1. The average Bonchev–Trinajstić information content (AvgIpc) is 2.47. The summed E-state index contributed by atoms with van der Waals surface area (Å²) in [7, 11) is 0. The van der Waals surface area contributed by atoms with Gasteiger partial charge in [0.25, 0.3) is 0 Å². The van der Waals surface area contributed by atoms with Crippen LogP contribution in [0.15, 0.2) is 18.2 Å². The summed E-state index contributed by atoms with van der Waals surface area (Å²) in [4.78, 5) is 1.19. The van der Waals surface area contributed by atoms with E-state index in [9.17, 15) is 0 Å². The number of benzene rings is 1. The minimum Gasteiger partial charge on any atom is -0.399 e. The fourth-order valence-electron chi connectivity index (χ4n) is 1.23. The molecule has 4 heteroatoms. The molecule has 0 aliphatic rings. The lowest BCUT2D eigenvalue weighted by Gasteiger charge is -1.95. The highest BCUT2D eigenvalue weighted by molar-refractivity contribution is 14.1. The zero-order chi connectivity index (χ0) is 9.42. The van der Waals surface area contributed by atoms with Gasteiger partial charge in [-0.3, -0.25) is 0 Å². The molecule has 13 heavy (non-hydrogen) atoms. The van der Waals surface area contributed by atoms with E-state index in [1.54, 1.807) is 11.3 Å². The monoisotopic (exact) mass is 323 g/mol. The Labute approximate surface area is 99.0 Å². The van der Waals surface area contributed by atoms with E-state index in [0.29, 0.717) is 5.88 Å². The number of nitrogen functional groups attached to an aromatic ring is 1. The predicted molar refractivity (Wildman–Crippen MR) is 68.5 cm³/mol. The van der Waals surface area contributed by atoms with Crippen molar-refractivity contribution in [1.82, 2.24) is 0 Å². The minimum absolute atomic E-state index is 0.579. The molecule has 1 aromatic carbocycles. The summed E-state index contributed by atoms with van der Waals surface area (Å²) >= 11 is 9.77. The third kappa shape index (κ3) is 1.78. The number of hydrogen-bond donors (Lipinski definition) is 1. The predicted octanol–water partition coefficient (Wildman–Crippen LogP) is 3.83. The third-order valence-electron chi connectivity index (χ3n) is 1.79. The SMILES string of the molecule is Nc1cc(I)c2cc(CCl)sc2c1. The molecular weight excluding hydrogens is 317 g/mol. The molecular formula is C9H7ClINS. The fourth-order valence-corrected chi connectivity index (χ4v) is 3.45. The highest BCUT2D eigenvalue weighted by Gasteiger charge is 2.04. The van der Waals surface area contributed by atoms with Gasteiger partial charge in [-0.05, 0) is 40.8 Å². The molecule has 1 aromatic heterocycles. The van der Waals surface area contributed by atoms with Crippen molar-refractivity contribution in [1.29, 1.82) is 0 Å². The molecule has 0 spiro atoms. The van der Waals surface area contributed by atoms with Gasteiger partial charge in [0.2, 0.25) is 0 Å². The third-order valence-corrected chi connectivity index (χ3v) is 4.21. The Morgan fingerprint density at radius 2 is 2.15 bits per heavy atom. The van der Waals surface area contributed by atoms with Gasteiger partial charge in [-0.25, -0.2) is 0 Å². The first kappa shape index (κ1) is 9.55. The maximum atomic E-state index is 5.77. The van der Waals surface area contributed by atoms with Crippen LogP contribution in [0.1, 0.15) is 4.88 Å². The van der Waals surface area contributed by atoms with Crippen LogP contribution in [0.5, 0.6) is 0 Å². The zero-order valence-corrected chi connectivity index (χ0v) is 10.4. The summed E-state index contributed by atoms with van der Waals surface area (Å²) in [5.74, 6) is 0.579. The first-order valence-electron chi connectivity index (χ1n) is 3.74. The van der Waals surface area contributed by atoms with Gasteiger partial charge in [-0.15, -0.1) is 22.9 Å². The number of thiophene rings is 1. The summed E-state index contributed by atoms with van der Waals surface area (Å²) in [6.07, 6.45) is 0. The number of rotatable bonds is 1. The fraction of sp³-hybridized carbons (Fsp3) is 0.111. The Morgan fingerprint density at radius 3 is 2.85 bits per heavy atom. The molecule has 0 fully saturated rings. The van der Waals surface area contributed by atoms with Gasteiger partial charge >= 0.3 is 0 Å². The summed E-state index contributed by atoms with van der Waals surface area (Å²) in [5.41, 5.74) is 6.56. The molecule has 0 bridgehead atoms. The lowest BCUT2D eigenvalue weighted by Crippen LogP contribution is -1.84. The Kier molecular flexibility index (Phi) is 2.67. The molecule has 0 aliphatic carbocycles. The quantitative estimate of drug-likeness (QED) is 0.482. The Bertz CT molecular complexity index is 452. The summed E-state index contributed by atoms with van der Waals surface area (Å²) < 4.78 is 2.42. The maximum absolute atomic E-state index is 5.77. The molecule has 2 aromatic rings. The van der Waals surface area contributed by atoms with Crippen LogP contribution in [0.2, 0.25) is 0 Å². The van der Waals surface area contributed by atoms with Gasteiger partial charge in [0, 0.05) is 24.2 Å². The Balaban J connectivity index is 2.75. The van der Waals surface area contributed by atoms with Crippen LogP contribution in [0.25, 0.3) is 10.1 Å². The highest BCUT2D eigenvalue weighted by atomic mass is 127. The van der Waals surface area contributed by atoms with Crippen molar-refractivity contribution in [2.24, 2.45) is 0 Å². The number of fused-ring (bicyclic) bond motifs is 1. The zero-order valence-electron chi connectivity index (χ0n) is 6.68. The average molecular weight is 324 g/mol. The van der Waals surface area contributed by atoms with Gasteiger partial charge in [0.1, 0.15) is 0 Å². The summed E-state index contributed by atoms with van der Waals surface area (Å²) in [6, 6.07) is 6.11. The van der Waals surface area contributed by atoms with E-state index in [2.05, 4.69) is 28.7 Å². The first-order chi connectivity index (χ1) is 6.20. The van der Waals surface area contributed by atoms with Crippen molar-refractivity contribution in [2.75, 3.05) is 5.73 Å². The second-order valence-corrected chi connectivity index (χ2v) is 5.36. The lowest BCUT2D eigenvalue weighted by atomic mass is 10.2. The van der Waals surface area contributed by atoms with Crippen LogP contribution in [-0.2, 0) is 5.88 Å². The standard InChI is InChI=1S/C9H7ClINS/c10-4-6-3-7-8(11)1-5(12)2-9(7)13-6/h1-3H,4,12H2. The van der Waals surface area contributed by atoms with Gasteiger partial charge in [-0.2, -0.15) is 0 Å². The first-order valence-corrected chi connectivity index (χ1v) is 6.17. The van der Waals surface area contributed by atoms with Crippen molar-refractivity contribution in [3.05, 3.63) is 26.6 Å². The van der Waals surface area contributed by atoms with Crippen LogP contribution in [-0.4, -0.2) is 0 Å². The Hall–Kier alpha value is -0.000000000000000111. The second kappa shape index (κ2) is 3.63. The largest absolute Gasteiger partial charge is 0.399 e.